The summed E-state index contributed by atoms with van der Waals surface area (Å²) in [5.74, 6) is 0.772. The Kier molecular flexibility index (Phi) is 4.16. The maximum absolute atomic E-state index is 12.3. The van der Waals surface area contributed by atoms with E-state index in [1.165, 1.54) is 32.8 Å². The largest absolute Gasteiger partial charge is 0.468 e. The van der Waals surface area contributed by atoms with Crippen LogP contribution in [0.1, 0.15) is 52.4 Å². The number of rotatable bonds is 4. The molecule has 0 spiro atoms. The number of hydrogen-bond acceptors (Lipinski definition) is 3. The molecule has 2 aliphatic carbocycles. The molecule has 0 bridgehead atoms. The van der Waals surface area contributed by atoms with Crippen molar-refractivity contribution in [3.8, 4) is 0 Å². The minimum atomic E-state index is -0.872. The number of ether oxygens (including phenoxy) is 1. The van der Waals surface area contributed by atoms with Crippen LogP contribution in [0.25, 0.3) is 0 Å². The van der Waals surface area contributed by atoms with Gasteiger partial charge in [-0.05, 0) is 44.4 Å². The lowest BCUT2D eigenvalue weighted by Crippen LogP contribution is -2.45. The van der Waals surface area contributed by atoms with Gasteiger partial charge < -0.3 is 10.1 Å². The highest BCUT2D eigenvalue weighted by molar-refractivity contribution is 6.05. The predicted molar refractivity (Wildman–Crippen MR) is 72.4 cm³/mol. The van der Waals surface area contributed by atoms with Crippen molar-refractivity contribution in [3.05, 3.63) is 0 Å². The van der Waals surface area contributed by atoms with Crippen LogP contribution in [0.15, 0.2) is 0 Å². The molecule has 19 heavy (non-hydrogen) atoms. The molecule has 3 atom stereocenters. The van der Waals surface area contributed by atoms with Crippen molar-refractivity contribution in [2.45, 2.75) is 58.4 Å². The first-order chi connectivity index (χ1) is 8.99. The average Bonchev–Trinajstić information content (AvgIpc) is 3.19. The van der Waals surface area contributed by atoms with Crippen molar-refractivity contribution in [1.82, 2.24) is 5.32 Å². The summed E-state index contributed by atoms with van der Waals surface area (Å²) >= 11 is 0. The molecule has 2 rings (SSSR count). The van der Waals surface area contributed by atoms with Gasteiger partial charge in [0.2, 0.25) is 5.91 Å². The molecule has 4 nitrogen and oxygen atoms in total. The Morgan fingerprint density at radius 1 is 1.32 bits per heavy atom. The quantitative estimate of drug-likeness (QED) is 0.628. The van der Waals surface area contributed by atoms with Gasteiger partial charge in [-0.1, -0.05) is 19.8 Å². The van der Waals surface area contributed by atoms with Gasteiger partial charge in [-0.15, -0.1) is 0 Å². The van der Waals surface area contributed by atoms with Crippen molar-refractivity contribution in [2.75, 3.05) is 7.11 Å². The smallest absolute Gasteiger partial charge is 0.321 e. The minimum Gasteiger partial charge on any atom is -0.468 e. The molecule has 0 aromatic heterocycles. The van der Waals surface area contributed by atoms with Crippen molar-refractivity contribution in [2.24, 2.45) is 17.3 Å². The Labute approximate surface area is 115 Å². The Hall–Kier alpha value is -1.06. The summed E-state index contributed by atoms with van der Waals surface area (Å²) in [4.78, 5) is 23.9. The maximum atomic E-state index is 12.3. The molecular weight excluding hydrogens is 242 g/mol. The van der Waals surface area contributed by atoms with Crippen LogP contribution in [0, 0.1) is 17.3 Å². The van der Waals surface area contributed by atoms with Crippen LogP contribution in [0.5, 0.6) is 0 Å². The molecule has 2 fully saturated rings. The Balaban J connectivity index is 1.90. The standard InChI is InChI=1S/C15H25NO3/c1-10-5-4-6-12(9-10)11(2)16-13(17)15(7-8-15)14(18)19-3/h10-12H,4-9H2,1-3H3,(H,16,17)/t10-,11+,12-/m0/s1. The fourth-order valence-electron chi connectivity index (χ4n) is 3.24. The topological polar surface area (TPSA) is 55.4 Å². The number of hydrogen-bond donors (Lipinski definition) is 1. The molecule has 2 aliphatic rings. The Morgan fingerprint density at radius 3 is 2.53 bits per heavy atom. The molecule has 0 heterocycles. The van der Waals surface area contributed by atoms with Gasteiger partial charge in [-0.25, -0.2) is 0 Å². The second-order valence-corrected chi connectivity index (χ2v) is 6.37. The first-order valence-corrected chi connectivity index (χ1v) is 7.39. The van der Waals surface area contributed by atoms with Crippen LogP contribution in [-0.4, -0.2) is 25.0 Å². The summed E-state index contributed by atoms with van der Waals surface area (Å²) in [6.07, 6.45) is 6.14. The predicted octanol–water partition coefficient (Wildman–Crippen LogP) is 2.27. The van der Waals surface area contributed by atoms with Gasteiger partial charge in [0, 0.05) is 6.04 Å². The molecule has 0 unspecified atom stereocenters. The number of esters is 1. The fraction of sp³-hybridized carbons (Fsp3) is 0.867. The van der Waals surface area contributed by atoms with E-state index >= 15 is 0 Å². The number of carbonyl (C=O) groups excluding carboxylic acids is 2. The van der Waals surface area contributed by atoms with E-state index in [0.29, 0.717) is 18.8 Å². The number of nitrogens with one attached hydrogen (secondary N) is 1. The van der Waals surface area contributed by atoms with Gasteiger partial charge in [0.25, 0.3) is 0 Å². The van der Waals surface area contributed by atoms with Crippen LogP contribution in [0.2, 0.25) is 0 Å². The van der Waals surface area contributed by atoms with E-state index in [9.17, 15) is 9.59 Å². The number of carbonyl (C=O) groups is 2. The summed E-state index contributed by atoms with van der Waals surface area (Å²) in [5.41, 5.74) is -0.872. The molecular formula is C15H25NO3. The second kappa shape index (κ2) is 5.51. The van der Waals surface area contributed by atoms with E-state index < -0.39 is 5.41 Å². The molecule has 1 amide bonds. The third-order valence-corrected chi connectivity index (χ3v) is 4.80. The molecule has 0 radical (unpaired) electrons. The highest BCUT2D eigenvalue weighted by atomic mass is 16.5. The van der Waals surface area contributed by atoms with Crippen molar-refractivity contribution in [3.63, 3.8) is 0 Å². The summed E-state index contributed by atoms with van der Waals surface area (Å²) < 4.78 is 4.74. The third-order valence-electron chi connectivity index (χ3n) is 4.80. The fourth-order valence-corrected chi connectivity index (χ4v) is 3.24. The summed E-state index contributed by atoms with van der Waals surface area (Å²) in [6, 6.07) is 0.150. The summed E-state index contributed by atoms with van der Waals surface area (Å²) in [7, 11) is 1.35. The van der Waals surface area contributed by atoms with E-state index in [-0.39, 0.29) is 17.9 Å². The van der Waals surface area contributed by atoms with E-state index in [2.05, 4.69) is 19.2 Å². The first kappa shape index (κ1) is 14.4. The highest BCUT2D eigenvalue weighted by Crippen LogP contribution is 2.47. The zero-order valence-corrected chi connectivity index (χ0v) is 12.2. The SMILES string of the molecule is COC(=O)C1(C(=O)N[C@H](C)[C@H]2CCC[C@H](C)C2)CC1. The van der Waals surface area contributed by atoms with Gasteiger partial charge in [0.05, 0.1) is 7.11 Å². The zero-order valence-electron chi connectivity index (χ0n) is 12.2. The molecule has 0 aromatic rings. The van der Waals surface area contributed by atoms with Crippen molar-refractivity contribution >= 4 is 11.9 Å². The Bertz CT molecular complexity index is 362. The van der Waals surface area contributed by atoms with Gasteiger partial charge >= 0.3 is 5.97 Å². The summed E-state index contributed by atoms with van der Waals surface area (Å²) in [5, 5.41) is 3.05. The van der Waals surface area contributed by atoms with Gasteiger partial charge in [-0.3, -0.25) is 9.59 Å². The number of amides is 1. The van der Waals surface area contributed by atoms with E-state index in [1.54, 1.807) is 0 Å². The maximum Gasteiger partial charge on any atom is 0.321 e. The highest BCUT2D eigenvalue weighted by Gasteiger charge is 2.58. The summed E-state index contributed by atoms with van der Waals surface area (Å²) in [6.45, 7) is 4.34. The molecule has 0 saturated heterocycles. The number of methoxy groups -OCH3 is 1. The second-order valence-electron chi connectivity index (χ2n) is 6.37. The monoisotopic (exact) mass is 267 g/mol. The minimum absolute atomic E-state index is 0.134. The van der Waals surface area contributed by atoms with E-state index in [4.69, 9.17) is 4.74 Å². The van der Waals surface area contributed by atoms with Gasteiger partial charge in [-0.2, -0.15) is 0 Å². The molecule has 0 aliphatic heterocycles. The Morgan fingerprint density at radius 2 is 2.00 bits per heavy atom. The van der Waals surface area contributed by atoms with E-state index in [1.807, 2.05) is 0 Å². The zero-order chi connectivity index (χ0) is 14.0. The van der Waals surface area contributed by atoms with Crippen molar-refractivity contribution < 1.29 is 14.3 Å². The molecule has 2 saturated carbocycles. The van der Waals surface area contributed by atoms with Gasteiger partial charge in [0.1, 0.15) is 5.41 Å². The third kappa shape index (κ3) is 2.93. The van der Waals surface area contributed by atoms with Crippen LogP contribution in [0.4, 0.5) is 0 Å². The van der Waals surface area contributed by atoms with E-state index in [0.717, 1.165) is 5.92 Å². The lowest BCUT2D eigenvalue weighted by Gasteiger charge is -2.32. The lowest BCUT2D eigenvalue weighted by molar-refractivity contribution is -0.152. The van der Waals surface area contributed by atoms with Crippen molar-refractivity contribution in [1.29, 1.82) is 0 Å². The van der Waals surface area contributed by atoms with Crippen LogP contribution >= 0.6 is 0 Å². The molecule has 0 aromatic carbocycles. The molecule has 1 N–H and O–H groups in total. The van der Waals surface area contributed by atoms with Crippen LogP contribution in [0.3, 0.4) is 0 Å². The first-order valence-electron chi connectivity index (χ1n) is 7.39. The van der Waals surface area contributed by atoms with Crippen LogP contribution < -0.4 is 5.32 Å². The lowest BCUT2D eigenvalue weighted by atomic mass is 9.79. The average molecular weight is 267 g/mol. The normalized spacial score (nSPS) is 30.3. The molecule has 4 heteroatoms. The molecule has 108 valence electrons. The van der Waals surface area contributed by atoms with Gasteiger partial charge in [0.15, 0.2) is 0 Å². The van der Waals surface area contributed by atoms with Crippen LogP contribution in [-0.2, 0) is 14.3 Å².